The number of ether oxygens (including phenoxy) is 2. The van der Waals surface area contributed by atoms with Gasteiger partial charge in [0.05, 0.1) is 25.2 Å². The van der Waals surface area contributed by atoms with Crippen LogP contribution < -0.4 is 14.8 Å². The lowest BCUT2D eigenvalue weighted by Crippen LogP contribution is -2.28. The summed E-state index contributed by atoms with van der Waals surface area (Å²) in [7, 11) is 1.48. The van der Waals surface area contributed by atoms with Crippen LogP contribution in [-0.2, 0) is 14.4 Å². The Balaban J connectivity index is 1.35. The van der Waals surface area contributed by atoms with Gasteiger partial charge < -0.3 is 14.8 Å². The van der Waals surface area contributed by atoms with Gasteiger partial charge in [0, 0.05) is 15.7 Å². The molecule has 1 aliphatic heterocycles. The molecule has 1 saturated heterocycles. The van der Waals surface area contributed by atoms with Gasteiger partial charge in [-0.15, -0.1) is 0 Å². The van der Waals surface area contributed by atoms with E-state index in [1.165, 1.54) is 13.3 Å². The maximum absolute atomic E-state index is 12.9. The molecule has 3 aliphatic rings. The van der Waals surface area contributed by atoms with Crippen LogP contribution in [0.4, 0.5) is 5.69 Å². The Morgan fingerprint density at radius 1 is 1.15 bits per heavy atom. The Labute approximate surface area is 204 Å². The van der Waals surface area contributed by atoms with Gasteiger partial charge >= 0.3 is 0 Å². The summed E-state index contributed by atoms with van der Waals surface area (Å²) in [4.78, 5) is 38.2. The predicted octanol–water partition coefficient (Wildman–Crippen LogP) is 3.62. The van der Waals surface area contributed by atoms with Gasteiger partial charge in [0.25, 0.3) is 17.7 Å². The number of nitrogens with one attached hydrogen (secondary N) is 1. The fraction of sp³-hybridized carbons (Fsp3) is 0.280. The van der Waals surface area contributed by atoms with Crippen LogP contribution in [0, 0.1) is 23.7 Å². The number of carbonyl (C=O) groups is 3. The lowest BCUT2D eigenvalue weighted by Gasteiger charge is -2.15. The zero-order valence-electron chi connectivity index (χ0n) is 18.3. The predicted molar refractivity (Wildman–Crippen MR) is 128 cm³/mol. The normalized spacial score (nSPS) is 24.7. The molecule has 8 nitrogen and oxygen atoms in total. The Morgan fingerprint density at radius 3 is 2.47 bits per heavy atom. The van der Waals surface area contributed by atoms with Gasteiger partial charge in [-0.05, 0) is 42.5 Å². The van der Waals surface area contributed by atoms with Crippen molar-refractivity contribution in [3.63, 3.8) is 0 Å². The molecule has 3 amide bonds. The third-order valence-electron chi connectivity index (χ3n) is 6.43. The molecule has 2 fully saturated rings. The van der Waals surface area contributed by atoms with Gasteiger partial charge in [0.2, 0.25) is 0 Å². The maximum Gasteiger partial charge on any atom is 0.262 e. The quantitative estimate of drug-likeness (QED) is 0.339. The monoisotopic (exact) mass is 523 g/mol. The fourth-order valence-corrected chi connectivity index (χ4v) is 5.42. The van der Waals surface area contributed by atoms with Crippen molar-refractivity contribution >= 4 is 45.6 Å². The number of nitrogens with zero attached hydrogens (tertiary/aromatic N) is 2. The highest BCUT2D eigenvalue weighted by Gasteiger charge is 2.59. The molecule has 1 saturated carbocycles. The minimum Gasteiger partial charge on any atom is -0.493 e. The van der Waals surface area contributed by atoms with Gasteiger partial charge in [-0.25, -0.2) is 0 Å². The average molecular weight is 524 g/mol. The number of carbonyl (C=O) groups excluding carboxylic acids is 3. The molecule has 2 bridgehead atoms. The first-order valence-electron chi connectivity index (χ1n) is 10.9. The Morgan fingerprint density at radius 2 is 1.82 bits per heavy atom. The van der Waals surface area contributed by atoms with Gasteiger partial charge in [0.15, 0.2) is 18.1 Å². The van der Waals surface area contributed by atoms with Crippen molar-refractivity contribution in [1.82, 2.24) is 5.01 Å². The van der Waals surface area contributed by atoms with E-state index < -0.39 is 0 Å². The number of hydrogen-bond acceptors (Lipinski definition) is 6. The van der Waals surface area contributed by atoms with E-state index in [2.05, 4.69) is 26.3 Å². The highest BCUT2D eigenvalue weighted by molar-refractivity contribution is 9.10. The lowest BCUT2D eigenvalue weighted by molar-refractivity contribution is -0.140. The second-order valence-electron chi connectivity index (χ2n) is 8.46. The summed E-state index contributed by atoms with van der Waals surface area (Å²) >= 11 is 3.42. The van der Waals surface area contributed by atoms with Gasteiger partial charge in [-0.1, -0.05) is 46.3 Å². The summed E-state index contributed by atoms with van der Waals surface area (Å²) in [5, 5.41) is 7.96. The van der Waals surface area contributed by atoms with E-state index in [9.17, 15) is 14.4 Å². The summed E-state index contributed by atoms with van der Waals surface area (Å²) in [6.45, 7) is -0.269. The van der Waals surface area contributed by atoms with E-state index in [1.54, 1.807) is 24.3 Å². The van der Waals surface area contributed by atoms with E-state index in [0.29, 0.717) is 21.5 Å². The van der Waals surface area contributed by atoms with E-state index in [-0.39, 0.29) is 53.7 Å². The second kappa shape index (κ2) is 9.06. The first-order valence-corrected chi connectivity index (χ1v) is 11.7. The molecule has 174 valence electrons. The zero-order chi connectivity index (χ0) is 23.8. The van der Waals surface area contributed by atoms with Crippen LogP contribution in [0.25, 0.3) is 0 Å². The van der Waals surface area contributed by atoms with Gasteiger partial charge in [-0.3, -0.25) is 14.4 Å². The zero-order valence-corrected chi connectivity index (χ0v) is 19.9. The Bertz CT molecular complexity index is 1180. The van der Waals surface area contributed by atoms with Crippen molar-refractivity contribution < 1.29 is 23.9 Å². The molecule has 0 aromatic heterocycles. The smallest absolute Gasteiger partial charge is 0.262 e. The van der Waals surface area contributed by atoms with Crippen molar-refractivity contribution in [1.29, 1.82) is 0 Å². The number of fused-ring (bicyclic) bond motifs is 5. The SMILES string of the molecule is COc1cc(Br)cc(C=NN2C(=O)[C@@H]3[C@H](C2=O)[C@H]2C=C[C@H]3C2)c1OCC(=O)Nc1ccccc1. The number of imide groups is 1. The number of anilines is 1. The molecule has 0 radical (unpaired) electrons. The van der Waals surface area contributed by atoms with Crippen LogP contribution in [0.1, 0.15) is 12.0 Å². The van der Waals surface area contributed by atoms with Crippen LogP contribution in [0.2, 0.25) is 0 Å². The minimum atomic E-state index is -0.347. The summed E-state index contributed by atoms with van der Waals surface area (Å²) in [5.41, 5.74) is 1.11. The minimum absolute atomic E-state index is 0.111. The molecule has 9 heteroatoms. The molecular formula is C25H22BrN3O5. The van der Waals surface area contributed by atoms with Crippen molar-refractivity contribution in [3.8, 4) is 11.5 Å². The van der Waals surface area contributed by atoms with Crippen LogP contribution in [0.15, 0.2) is 64.2 Å². The van der Waals surface area contributed by atoms with Crippen LogP contribution in [0.3, 0.4) is 0 Å². The van der Waals surface area contributed by atoms with E-state index in [0.717, 1.165) is 11.4 Å². The lowest BCUT2D eigenvalue weighted by atomic mass is 9.85. The highest BCUT2D eigenvalue weighted by atomic mass is 79.9. The van der Waals surface area contributed by atoms with Crippen LogP contribution >= 0.6 is 15.9 Å². The molecule has 0 spiro atoms. The molecule has 2 aromatic carbocycles. The summed E-state index contributed by atoms with van der Waals surface area (Å²) in [6.07, 6.45) is 6.33. The van der Waals surface area contributed by atoms with Crippen molar-refractivity contribution in [2.24, 2.45) is 28.8 Å². The number of hydrogen-bond donors (Lipinski definition) is 1. The van der Waals surface area contributed by atoms with E-state index >= 15 is 0 Å². The van der Waals surface area contributed by atoms with Gasteiger partial charge in [-0.2, -0.15) is 10.1 Å². The van der Waals surface area contributed by atoms with Crippen molar-refractivity contribution in [2.75, 3.05) is 19.0 Å². The largest absolute Gasteiger partial charge is 0.493 e. The average Bonchev–Trinajstić information content (AvgIpc) is 3.51. The maximum atomic E-state index is 12.9. The topological polar surface area (TPSA) is 97.3 Å². The second-order valence-corrected chi connectivity index (χ2v) is 9.38. The molecule has 4 atom stereocenters. The van der Waals surface area contributed by atoms with Crippen molar-refractivity contribution in [2.45, 2.75) is 6.42 Å². The van der Waals surface area contributed by atoms with Crippen LogP contribution in [-0.4, -0.2) is 42.7 Å². The Hall–Kier alpha value is -3.46. The molecule has 5 rings (SSSR count). The number of halogens is 1. The fourth-order valence-electron chi connectivity index (χ4n) is 4.97. The first kappa shape index (κ1) is 22.3. The number of hydrazone groups is 1. The summed E-state index contributed by atoms with van der Waals surface area (Å²) < 4.78 is 11.9. The van der Waals surface area contributed by atoms with Gasteiger partial charge in [0.1, 0.15) is 0 Å². The summed E-state index contributed by atoms with van der Waals surface area (Å²) in [6, 6.07) is 12.5. The first-order chi connectivity index (χ1) is 16.5. The molecule has 1 N–H and O–H groups in total. The van der Waals surface area contributed by atoms with Crippen molar-refractivity contribution in [3.05, 3.63) is 64.7 Å². The molecule has 34 heavy (non-hydrogen) atoms. The number of amides is 3. The highest BCUT2D eigenvalue weighted by Crippen LogP contribution is 2.52. The number of benzene rings is 2. The number of methoxy groups -OCH3 is 1. The van der Waals surface area contributed by atoms with E-state index in [4.69, 9.17) is 9.47 Å². The third kappa shape index (κ3) is 4.00. The molecule has 2 aliphatic carbocycles. The molecule has 1 heterocycles. The molecule has 2 aromatic rings. The molecular weight excluding hydrogens is 502 g/mol. The number of allylic oxidation sites excluding steroid dienone is 2. The number of rotatable bonds is 7. The molecule has 0 unspecified atom stereocenters. The third-order valence-corrected chi connectivity index (χ3v) is 6.89. The Kier molecular flexibility index (Phi) is 5.95. The number of para-hydroxylation sites is 1. The standard InChI is InChI=1S/C25H22BrN3O5/c1-33-19-11-17(26)10-16(23(19)34-13-20(30)28-18-5-3-2-4-6-18)12-27-29-24(31)21-14-7-8-15(9-14)22(21)25(29)32/h2-8,10-12,14-15,21-22H,9,13H2,1H3,(H,28,30)/t14-,15-,21-,22+/m0/s1. The van der Waals surface area contributed by atoms with E-state index in [1.807, 2.05) is 30.4 Å². The summed E-state index contributed by atoms with van der Waals surface area (Å²) in [5.74, 6) is -0.660. The van der Waals surface area contributed by atoms with Crippen LogP contribution in [0.5, 0.6) is 11.5 Å².